The lowest BCUT2D eigenvalue weighted by Crippen LogP contribution is -2.49. The highest BCUT2D eigenvalue weighted by molar-refractivity contribution is 6.30. The molecule has 1 N–H and O–H groups in total. The molecule has 1 amide bonds. The summed E-state index contributed by atoms with van der Waals surface area (Å²) in [5.41, 5.74) is 1.39. The Morgan fingerprint density at radius 1 is 1.32 bits per heavy atom. The smallest absolute Gasteiger partial charge is 0.332 e. The Hall–Kier alpha value is -2.80. The number of piperidine rings is 1. The van der Waals surface area contributed by atoms with Gasteiger partial charge in [-0.05, 0) is 31.4 Å². The third-order valence-corrected chi connectivity index (χ3v) is 5.31. The molecule has 3 rings (SSSR count). The van der Waals surface area contributed by atoms with Crippen LogP contribution in [-0.4, -0.2) is 59.3 Å². The molecule has 1 aromatic carbocycles. The molecule has 0 radical (unpaired) electrons. The van der Waals surface area contributed by atoms with Gasteiger partial charge in [0.2, 0.25) is 11.9 Å². The number of guanidine groups is 1. The topological polar surface area (TPSA) is 84.1 Å². The van der Waals surface area contributed by atoms with E-state index in [1.165, 1.54) is 5.01 Å². The molecule has 2 heterocycles. The van der Waals surface area contributed by atoms with Crippen molar-refractivity contribution in [2.75, 3.05) is 19.6 Å². The van der Waals surface area contributed by atoms with E-state index in [4.69, 9.17) is 16.9 Å². The molecule has 2 aliphatic heterocycles. The Morgan fingerprint density at radius 3 is 2.71 bits per heavy atom. The number of carbonyl (C=O) groups excluding carboxylic acids is 1. The van der Waals surface area contributed by atoms with E-state index in [-0.39, 0.29) is 37.4 Å². The zero-order valence-electron chi connectivity index (χ0n) is 16.7. The summed E-state index contributed by atoms with van der Waals surface area (Å²) >= 11 is 5.99. The van der Waals surface area contributed by atoms with Crippen LogP contribution in [0.25, 0.3) is 0 Å². The first-order chi connectivity index (χ1) is 14.8. The van der Waals surface area contributed by atoms with Gasteiger partial charge >= 0.3 is 6.18 Å². The van der Waals surface area contributed by atoms with E-state index in [1.807, 2.05) is 0 Å². The summed E-state index contributed by atoms with van der Waals surface area (Å²) in [6.45, 7) is 0.726. The fraction of sp³-hybridized carbons (Fsp3) is 0.500. The van der Waals surface area contributed by atoms with Crippen LogP contribution in [0.2, 0.25) is 5.02 Å². The molecule has 1 atom stereocenters. The van der Waals surface area contributed by atoms with Crippen molar-refractivity contribution < 1.29 is 18.0 Å². The van der Waals surface area contributed by atoms with Crippen LogP contribution in [-0.2, 0) is 4.79 Å². The molecule has 31 heavy (non-hydrogen) atoms. The molecule has 166 valence electrons. The number of amides is 1. The Kier molecular flexibility index (Phi) is 7.38. The van der Waals surface area contributed by atoms with E-state index < -0.39 is 12.6 Å². The maximum Gasteiger partial charge on any atom is 0.389 e. The van der Waals surface area contributed by atoms with Crippen molar-refractivity contribution in [2.45, 2.75) is 44.3 Å². The number of hydrogen-bond acceptors (Lipinski definition) is 4. The molecule has 1 saturated heterocycles. The van der Waals surface area contributed by atoms with Gasteiger partial charge < -0.3 is 4.90 Å². The minimum Gasteiger partial charge on any atom is -0.332 e. The van der Waals surface area contributed by atoms with E-state index in [0.717, 1.165) is 18.4 Å². The molecular weight excluding hydrogens is 433 g/mol. The van der Waals surface area contributed by atoms with Crippen LogP contribution >= 0.6 is 11.6 Å². The molecule has 0 bridgehead atoms. The molecule has 0 aliphatic carbocycles. The predicted molar refractivity (Wildman–Crippen MR) is 110 cm³/mol. The van der Waals surface area contributed by atoms with E-state index in [9.17, 15) is 18.0 Å². The number of nitrogens with one attached hydrogen (secondary N) is 1. The fourth-order valence-corrected chi connectivity index (χ4v) is 3.72. The third-order valence-electron chi connectivity index (χ3n) is 5.06. The monoisotopic (exact) mass is 454 g/mol. The number of rotatable bonds is 5. The number of carbonyl (C=O) groups is 1. The highest BCUT2D eigenvalue weighted by Gasteiger charge is 2.37. The van der Waals surface area contributed by atoms with Crippen LogP contribution in [0, 0.1) is 11.5 Å². The lowest BCUT2D eigenvalue weighted by molar-refractivity contribution is -0.135. The maximum absolute atomic E-state index is 12.5. The highest BCUT2D eigenvalue weighted by Crippen LogP contribution is 2.25. The van der Waals surface area contributed by atoms with Gasteiger partial charge in [-0.1, -0.05) is 23.7 Å². The molecule has 1 aromatic rings. The zero-order valence-corrected chi connectivity index (χ0v) is 17.5. The summed E-state index contributed by atoms with van der Waals surface area (Å²) in [6, 6.07) is 6.66. The van der Waals surface area contributed by atoms with Crippen molar-refractivity contribution in [3.05, 3.63) is 34.9 Å². The van der Waals surface area contributed by atoms with Gasteiger partial charge in [-0.2, -0.15) is 23.5 Å². The number of hydrogen-bond donors (Lipinski definition) is 1. The number of halogens is 4. The van der Waals surface area contributed by atoms with Crippen LogP contribution in [0.1, 0.15) is 37.7 Å². The fourth-order valence-electron chi connectivity index (χ4n) is 3.60. The van der Waals surface area contributed by atoms with Crippen LogP contribution in [0.3, 0.4) is 0 Å². The van der Waals surface area contributed by atoms with Gasteiger partial charge in [-0.15, -0.1) is 0 Å². The van der Waals surface area contributed by atoms with Gasteiger partial charge in [0.15, 0.2) is 6.19 Å². The molecule has 7 nitrogen and oxygen atoms in total. The summed E-state index contributed by atoms with van der Waals surface area (Å²) < 4.78 is 37.2. The summed E-state index contributed by atoms with van der Waals surface area (Å²) in [4.78, 5) is 18.4. The van der Waals surface area contributed by atoms with Crippen molar-refractivity contribution in [3.63, 3.8) is 0 Å². The second-order valence-electron chi connectivity index (χ2n) is 7.30. The quantitative estimate of drug-likeness (QED) is 0.242. The standard InChI is InChI=1S/C20H22ClF3N6O/c21-15-7-5-14(6-8-15)18-16(29-11-2-1-4-17(29)31)12-30(28-18)19(27-13-25)26-10-3-9-20(22,23)24/h5-8,16H,1-4,9-12H2,(H,26,27). The number of aliphatic imine (C=N–C) groups is 1. The first kappa shape index (κ1) is 22.9. The largest absolute Gasteiger partial charge is 0.389 e. The van der Waals surface area contributed by atoms with Crippen LogP contribution in [0.15, 0.2) is 34.4 Å². The summed E-state index contributed by atoms with van der Waals surface area (Å²) in [7, 11) is 0. The van der Waals surface area contributed by atoms with Gasteiger partial charge in [0.25, 0.3) is 0 Å². The Balaban J connectivity index is 1.85. The molecule has 0 saturated carbocycles. The molecule has 0 aromatic heterocycles. The first-order valence-corrected chi connectivity index (χ1v) is 10.3. The summed E-state index contributed by atoms with van der Waals surface area (Å²) in [5, 5.41) is 18.1. The minimum atomic E-state index is -4.26. The Morgan fingerprint density at radius 2 is 2.06 bits per heavy atom. The average Bonchev–Trinajstić information content (AvgIpc) is 3.15. The second kappa shape index (κ2) is 10.0. The third kappa shape index (κ3) is 6.10. The van der Waals surface area contributed by atoms with E-state index in [1.54, 1.807) is 35.4 Å². The average molecular weight is 455 g/mol. The second-order valence-corrected chi connectivity index (χ2v) is 7.73. The predicted octanol–water partition coefficient (Wildman–Crippen LogP) is 3.51. The lowest BCUT2D eigenvalue weighted by atomic mass is 10.00. The van der Waals surface area contributed by atoms with Gasteiger partial charge in [0.05, 0.1) is 18.3 Å². The molecular formula is C20H22ClF3N6O. The normalized spacial score (nSPS) is 20.0. The minimum absolute atomic E-state index is 0.0247. The molecule has 1 unspecified atom stereocenters. The molecule has 0 spiro atoms. The van der Waals surface area contributed by atoms with Crippen LogP contribution in [0.4, 0.5) is 13.2 Å². The molecule has 1 fully saturated rings. The van der Waals surface area contributed by atoms with E-state index >= 15 is 0 Å². The van der Waals surface area contributed by atoms with E-state index in [2.05, 4.69) is 15.4 Å². The van der Waals surface area contributed by atoms with Crippen molar-refractivity contribution in [1.29, 1.82) is 5.26 Å². The Labute approximate surface area is 183 Å². The molecule has 11 heteroatoms. The lowest BCUT2D eigenvalue weighted by Gasteiger charge is -2.33. The first-order valence-electron chi connectivity index (χ1n) is 9.96. The van der Waals surface area contributed by atoms with E-state index in [0.29, 0.717) is 23.7 Å². The summed E-state index contributed by atoms with van der Waals surface area (Å²) in [5.74, 6) is 0.0831. The highest BCUT2D eigenvalue weighted by atomic mass is 35.5. The zero-order chi connectivity index (χ0) is 22.4. The van der Waals surface area contributed by atoms with Crippen molar-refractivity contribution in [3.8, 4) is 6.19 Å². The maximum atomic E-state index is 12.5. The van der Waals surface area contributed by atoms with Crippen molar-refractivity contribution in [1.82, 2.24) is 15.2 Å². The number of alkyl halides is 3. The van der Waals surface area contributed by atoms with Gasteiger partial charge in [-0.3, -0.25) is 15.1 Å². The summed E-state index contributed by atoms with van der Waals surface area (Å²) in [6.07, 6.45) is -1.49. The van der Waals surface area contributed by atoms with Gasteiger partial charge in [0.1, 0.15) is 0 Å². The number of likely N-dealkylation sites (tertiary alicyclic amines) is 1. The number of benzene rings is 1. The Bertz CT molecular complexity index is 894. The van der Waals surface area contributed by atoms with Crippen molar-refractivity contribution >= 4 is 29.2 Å². The van der Waals surface area contributed by atoms with Crippen LogP contribution < -0.4 is 5.32 Å². The molecule has 2 aliphatic rings. The van der Waals surface area contributed by atoms with Crippen molar-refractivity contribution in [2.24, 2.45) is 10.1 Å². The number of hydrazone groups is 1. The number of nitrogens with zero attached hydrogens (tertiary/aromatic N) is 5. The van der Waals surface area contributed by atoms with Crippen LogP contribution in [0.5, 0.6) is 0 Å². The van der Waals surface area contributed by atoms with Gasteiger partial charge in [0, 0.05) is 36.5 Å². The SMILES string of the molecule is N#CNC(=NCCCC(F)(F)F)N1CC(N2CCCCC2=O)C(c2ccc(Cl)cc2)=N1. The van der Waals surface area contributed by atoms with Gasteiger partial charge in [-0.25, -0.2) is 5.01 Å². The number of nitriles is 1.